The fourth-order valence-electron chi connectivity index (χ4n) is 3.23. The Kier molecular flexibility index (Phi) is 3.19. The number of para-hydroxylation sites is 1. The van der Waals surface area contributed by atoms with Crippen molar-refractivity contribution in [2.45, 2.75) is 45.6 Å². The molecule has 1 atom stereocenters. The van der Waals surface area contributed by atoms with Gasteiger partial charge in [0.05, 0.1) is 11.8 Å². The van der Waals surface area contributed by atoms with Gasteiger partial charge in [-0.25, -0.2) is 0 Å². The van der Waals surface area contributed by atoms with Gasteiger partial charge in [0.2, 0.25) is 0 Å². The van der Waals surface area contributed by atoms with Crippen LogP contribution >= 0.6 is 0 Å². The summed E-state index contributed by atoms with van der Waals surface area (Å²) < 4.78 is 2.30. The van der Waals surface area contributed by atoms with Crippen molar-refractivity contribution in [1.82, 2.24) is 4.57 Å². The van der Waals surface area contributed by atoms with Crippen LogP contribution in [0.5, 0.6) is 0 Å². The van der Waals surface area contributed by atoms with E-state index < -0.39 is 0 Å². The summed E-state index contributed by atoms with van der Waals surface area (Å²) >= 11 is 0. The molecule has 1 aliphatic carbocycles. The molecule has 1 unspecified atom stereocenters. The van der Waals surface area contributed by atoms with Crippen LogP contribution in [0.3, 0.4) is 0 Å². The number of fused-ring (bicyclic) bond motifs is 1. The van der Waals surface area contributed by atoms with E-state index in [1.807, 2.05) is 0 Å². The highest BCUT2D eigenvalue weighted by Crippen LogP contribution is 2.33. The standard InChI is InChI=1S/C17H21NO/c1-3-13-7-4-6-12(2)17(13)18-11-10-14-15(18)8-5-9-16(14)19/h4,6-7,10-11,16,19H,3,5,8-9H2,1-2H3. The van der Waals surface area contributed by atoms with Crippen LogP contribution in [0, 0.1) is 6.92 Å². The largest absolute Gasteiger partial charge is 0.388 e. The summed E-state index contributed by atoms with van der Waals surface area (Å²) in [6, 6.07) is 8.58. The maximum absolute atomic E-state index is 10.1. The molecule has 0 spiro atoms. The predicted octanol–water partition coefficient (Wildman–Crippen LogP) is 3.72. The molecule has 0 saturated heterocycles. The summed E-state index contributed by atoms with van der Waals surface area (Å²) in [7, 11) is 0. The third-order valence-electron chi connectivity index (χ3n) is 4.22. The molecule has 1 aromatic heterocycles. The van der Waals surface area contributed by atoms with Crippen molar-refractivity contribution < 1.29 is 5.11 Å². The van der Waals surface area contributed by atoms with E-state index >= 15 is 0 Å². The van der Waals surface area contributed by atoms with E-state index in [-0.39, 0.29) is 6.10 Å². The van der Waals surface area contributed by atoms with Gasteiger partial charge in [-0.1, -0.05) is 25.1 Å². The minimum absolute atomic E-state index is 0.279. The van der Waals surface area contributed by atoms with Gasteiger partial charge in [-0.15, -0.1) is 0 Å². The highest BCUT2D eigenvalue weighted by atomic mass is 16.3. The molecule has 0 amide bonds. The van der Waals surface area contributed by atoms with Crippen LogP contribution in [-0.2, 0) is 12.8 Å². The maximum Gasteiger partial charge on any atom is 0.0807 e. The molecule has 1 heterocycles. The molecule has 0 bridgehead atoms. The smallest absolute Gasteiger partial charge is 0.0807 e. The Bertz CT molecular complexity index is 597. The van der Waals surface area contributed by atoms with Gasteiger partial charge in [0.1, 0.15) is 0 Å². The number of aromatic nitrogens is 1. The first-order valence-corrected chi connectivity index (χ1v) is 7.19. The molecule has 100 valence electrons. The molecule has 0 fully saturated rings. The molecule has 0 saturated carbocycles. The van der Waals surface area contributed by atoms with E-state index in [0.29, 0.717) is 0 Å². The number of nitrogens with zero attached hydrogens (tertiary/aromatic N) is 1. The first-order chi connectivity index (χ1) is 9.22. The van der Waals surface area contributed by atoms with Gasteiger partial charge in [-0.2, -0.15) is 0 Å². The van der Waals surface area contributed by atoms with Gasteiger partial charge in [0.25, 0.3) is 0 Å². The quantitative estimate of drug-likeness (QED) is 0.869. The lowest BCUT2D eigenvalue weighted by Crippen LogP contribution is -2.12. The SMILES string of the molecule is CCc1cccc(C)c1-n1ccc2c1CCCC2O. The summed E-state index contributed by atoms with van der Waals surface area (Å²) in [5.74, 6) is 0. The Morgan fingerprint density at radius 1 is 1.32 bits per heavy atom. The molecular weight excluding hydrogens is 234 g/mol. The molecule has 19 heavy (non-hydrogen) atoms. The lowest BCUT2D eigenvalue weighted by molar-refractivity contribution is 0.156. The molecule has 2 heteroatoms. The topological polar surface area (TPSA) is 25.2 Å². The molecule has 0 radical (unpaired) electrons. The highest BCUT2D eigenvalue weighted by Gasteiger charge is 2.22. The average Bonchev–Trinajstić information content (AvgIpc) is 2.83. The van der Waals surface area contributed by atoms with E-state index in [2.05, 4.69) is 48.9 Å². The van der Waals surface area contributed by atoms with Crippen molar-refractivity contribution >= 4 is 0 Å². The number of benzene rings is 1. The fourth-order valence-corrected chi connectivity index (χ4v) is 3.23. The molecule has 3 rings (SSSR count). The van der Waals surface area contributed by atoms with Gasteiger partial charge in [-0.05, 0) is 49.8 Å². The average molecular weight is 255 g/mol. The van der Waals surface area contributed by atoms with Crippen LogP contribution in [-0.4, -0.2) is 9.67 Å². The zero-order valence-electron chi connectivity index (χ0n) is 11.7. The van der Waals surface area contributed by atoms with Gasteiger partial charge >= 0.3 is 0 Å². The third kappa shape index (κ3) is 2.00. The van der Waals surface area contributed by atoms with E-state index in [1.165, 1.54) is 22.5 Å². The van der Waals surface area contributed by atoms with E-state index in [1.54, 1.807) is 0 Å². The van der Waals surface area contributed by atoms with Gasteiger partial charge in [0.15, 0.2) is 0 Å². The van der Waals surface area contributed by atoms with Gasteiger partial charge in [-0.3, -0.25) is 0 Å². The summed E-state index contributed by atoms with van der Waals surface area (Å²) in [5.41, 5.74) is 6.40. The Morgan fingerprint density at radius 2 is 2.16 bits per heavy atom. The summed E-state index contributed by atoms with van der Waals surface area (Å²) in [6.45, 7) is 4.36. The number of hydrogen-bond donors (Lipinski definition) is 1. The van der Waals surface area contributed by atoms with Crippen LogP contribution in [0.2, 0.25) is 0 Å². The van der Waals surface area contributed by atoms with Gasteiger partial charge in [0, 0.05) is 17.5 Å². The van der Waals surface area contributed by atoms with Crippen LogP contribution in [0.25, 0.3) is 5.69 Å². The molecule has 0 aliphatic heterocycles. The van der Waals surface area contributed by atoms with Crippen molar-refractivity contribution in [3.8, 4) is 5.69 Å². The first kappa shape index (κ1) is 12.5. The highest BCUT2D eigenvalue weighted by molar-refractivity contribution is 5.50. The van der Waals surface area contributed by atoms with Crippen molar-refractivity contribution in [3.63, 3.8) is 0 Å². The summed E-state index contributed by atoms with van der Waals surface area (Å²) in [4.78, 5) is 0. The van der Waals surface area contributed by atoms with Crippen LogP contribution < -0.4 is 0 Å². The molecule has 1 aliphatic rings. The number of hydrogen-bond acceptors (Lipinski definition) is 1. The van der Waals surface area contributed by atoms with Gasteiger partial charge < -0.3 is 9.67 Å². The van der Waals surface area contributed by atoms with Crippen LogP contribution in [0.1, 0.15) is 48.3 Å². The van der Waals surface area contributed by atoms with Crippen LogP contribution in [0.15, 0.2) is 30.5 Å². The molecule has 1 N–H and O–H groups in total. The van der Waals surface area contributed by atoms with Crippen molar-refractivity contribution in [2.75, 3.05) is 0 Å². The number of aliphatic hydroxyl groups excluding tert-OH is 1. The Hall–Kier alpha value is -1.54. The fraction of sp³-hybridized carbons (Fsp3) is 0.412. The lowest BCUT2D eigenvalue weighted by Gasteiger charge is -2.22. The Labute approximate surface area is 114 Å². The Balaban J connectivity index is 2.18. The lowest BCUT2D eigenvalue weighted by atomic mass is 9.95. The number of aryl methyl sites for hydroxylation is 2. The summed E-state index contributed by atoms with van der Waals surface area (Å²) in [6.07, 6.45) is 5.92. The third-order valence-corrected chi connectivity index (χ3v) is 4.22. The molecular formula is C17H21NO. The maximum atomic E-state index is 10.1. The van der Waals surface area contributed by atoms with Crippen molar-refractivity contribution in [3.05, 3.63) is 52.8 Å². The van der Waals surface area contributed by atoms with E-state index in [0.717, 1.165) is 31.2 Å². The normalized spacial score (nSPS) is 18.4. The zero-order valence-corrected chi connectivity index (χ0v) is 11.7. The number of rotatable bonds is 2. The first-order valence-electron chi connectivity index (χ1n) is 7.19. The van der Waals surface area contributed by atoms with Crippen molar-refractivity contribution in [1.29, 1.82) is 0 Å². The number of aliphatic hydroxyl groups is 1. The monoisotopic (exact) mass is 255 g/mol. The minimum atomic E-state index is -0.279. The second kappa shape index (κ2) is 4.86. The summed E-state index contributed by atoms with van der Waals surface area (Å²) in [5, 5.41) is 10.1. The minimum Gasteiger partial charge on any atom is -0.388 e. The van der Waals surface area contributed by atoms with Crippen LogP contribution in [0.4, 0.5) is 0 Å². The van der Waals surface area contributed by atoms with E-state index in [9.17, 15) is 5.11 Å². The second-order valence-corrected chi connectivity index (χ2v) is 5.43. The molecule has 2 nitrogen and oxygen atoms in total. The predicted molar refractivity (Wildman–Crippen MR) is 77.8 cm³/mol. The molecule has 2 aromatic rings. The Morgan fingerprint density at radius 3 is 2.95 bits per heavy atom. The zero-order chi connectivity index (χ0) is 13.4. The second-order valence-electron chi connectivity index (χ2n) is 5.43. The van der Waals surface area contributed by atoms with Crippen molar-refractivity contribution in [2.24, 2.45) is 0 Å². The van der Waals surface area contributed by atoms with E-state index in [4.69, 9.17) is 0 Å². The molecule has 1 aromatic carbocycles.